The van der Waals surface area contributed by atoms with Gasteiger partial charge in [0.1, 0.15) is 0 Å². The first kappa shape index (κ1) is 12.1. The van der Waals surface area contributed by atoms with Gasteiger partial charge in [-0.3, -0.25) is 4.79 Å². The van der Waals surface area contributed by atoms with Crippen LogP contribution in [0.3, 0.4) is 0 Å². The van der Waals surface area contributed by atoms with E-state index in [9.17, 15) is 4.79 Å². The average molecular weight is 244 g/mol. The van der Waals surface area contributed by atoms with Gasteiger partial charge in [0.05, 0.1) is 17.1 Å². The predicted octanol–water partition coefficient (Wildman–Crippen LogP) is 3.13. The number of nitrogens with one attached hydrogen (secondary N) is 1. The summed E-state index contributed by atoms with van der Waals surface area (Å²) in [5, 5.41) is 3.46. The zero-order chi connectivity index (χ0) is 11.4. The largest absolute Gasteiger partial charge is 0.347 e. The fourth-order valence-electron chi connectivity index (χ4n) is 1.09. The summed E-state index contributed by atoms with van der Waals surface area (Å²) >= 11 is 11.5. The third-order valence-electron chi connectivity index (χ3n) is 1.88. The lowest BCUT2D eigenvalue weighted by molar-refractivity contribution is 0.0957. The van der Waals surface area contributed by atoms with Crippen LogP contribution in [-0.4, -0.2) is 12.5 Å². The molecule has 0 saturated carbocycles. The Morgan fingerprint density at radius 2 is 2.20 bits per heavy atom. The van der Waals surface area contributed by atoms with E-state index >= 15 is 0 Å². The van der Waals surface area contributed by atoms with Crippen LogP contribution < -0.4 is 5.32 Å². The van der Waals surface area contributed by atoms with Crippen LogP contribution in [-0.2, 0) is 0 Å². The molecule has 0 aliphatic carbocycles. The number of benzene rings is 1. The summed E-state index contributed by atoms with van der Waals surface area (Å²) in [5.41, 5.74) is 1.32. The zero-order valence-electron chi connectivity index (χ0n) is 8.31. The van der Waals surface area contributed by atoms with Crippen molar-refractivity contribution in [1.82, 2.24) is 5.32 Å². The first-order valence-electron chi connectivity index (χ1n) is 4.39. The van der Waals surface area contributed by atoms with Crippen molar-refractivity contribution in [2.75, 3.05) is 6.54 Å². The van der Waals surface area contributed by atoms with Crippen LogP contribution in [0.5, 0.6) is 0 Å². The van der Waals surface area contributed by atoms with Gasteiger partial charge in [-0.15, -0.1) is 0 Å². The van der Waals surface area contributed by atoms with Crippen LogP contribution in [0.2, 0.25) is 5.02 Å². The second-order valence-corrected chi connectivity index (χ2v) is 4.05. The lowest BCUT2D eigenvalue weighted by Gasteiger charge is -2.07. The molecule has 1 aromatic rings. The number of halogens is 2. The molecule has 1 amide bonds. The van der Waals surface area contributed by atoms with E-state index in [1.54, 1.807) is 12.1 Å². The van der Waals surface area contributed by atoms with Crippen LogP contribution in [0.4, 0.5) is 0 Å². The Balaban J connectivity index is 2.82. The average Bonchev–Trinajstić information content (AvgIpc) is 2.18. The van der Waals surface area contributed by atoms with Crippen LogP contribution in [0.15, 0.2) is 29.8 Å². The molecule has 0 radical (unpaired) electrons. The number of hydrogen-bond donors (Lipinski definition) is 1. The Morgan fingerprint density at radius 3 is 2.80 bits per heavy atom. The highest BCUT2D eigenvalue weighted by atomic mass is 35.5. The summed E-state index contributed by atoms with van der Waals surface area (Å²) in [6.07, 6.45) is 0. The first-order valence-corrected chi connectivity index (χ1v) is 5.14. The van der Waals surface area contributed by atoms with Crippen molar-refractivity contribution in [2.24, 2.45) is 0 Å². The minimum atomic E-state index is -0.245. The Morgan fingerprint density at radius 1 is 1.53 bits per heavy atom. The maximum absolute atomic E-state index is 11.6. The highest BCUT2D eigenvalue weighted by Gasteiger charge is 2.10. The number of hydrogen-bond acceptors (Lipinski definition) is 1. The third-order valence-corrected chi connectivity index (χ3v) is 2.51. The predicted molar refractivity (Wildman–Crippen MR) is 63.5 cm³/mol. The summed E-state index contributed by atoms with van der Waals surface area (Å²) in [7, 11) is 0. The van der Waals surface area contributed by atoms with Crippen LogP contribution in [0, 0.1) is 6.92 Å². The Hall–Kier alpha value is -0.990. The SMILES string of the molecule is C=C(Cl)CNC(=O)c1cccc(C)c1Cl. The molecule has 0 spiro atoms. The van der Waals surface area contributed by atoms with Gasteiger partial charge >= 0.3 is 0 Å². The van der Waals surface area contributed by atoms with Gasteiger partial charge in [0.15, 0.2) is 0 Å². The Labute approximate surface area is 98.9 Å². The second kappa shape index (κ2) is 5.19. The van der Waals surface area contributed by atoms with Crippen molar-refractivity contribution in [1.29, 1.82) is 0 Å². The second-order valence-electron chi connectivity index (χ2n) is 3.14. The molecule has 0 unspecified atom stereocenters. The minimum absolute atomic E-state index is 0.241. The molecular weight excluding hydrogens is 233 g/mol. The van der Waals surface area contributed by atoms with Gasteiger partial charge in [0.2, 0.25) is 0 Å². The number of carbonyl (C=O) groups is 1. The summed E-state index contributed by atoms with van der Waals surface area (Å²) in [6, 6.07) is 5.30. The van der Waals surface area contributed by atoms with Crippen LogP contribution in [0.25, 0.3) is 0 Å². The molecule has 1 aromatic carbocycles. The number of aryl methyl sites for hydroxylation is 1. The molecule has 80 valence electrons. The maximum Gasteiger partial charge on any atom is 0.253 e. The molecule has 0 heterocycles. The molecule has 0 fully saturated rings. The smallest absolute Gasteiger partial charge is 0.253 e. The quantitative estimate of drug-likeness (QED) is 0.869. The van der Waals surface area contributed by atoms with E-state index in [2.05, 4.69) is 11.9 Å². The molecule has 15 heavy (non-hydrogen) atoms. The Kier molecular flexibility index (Phi) is 4.18. The molecule has 0 aliphatic rings. The normalized spacial score (nSPS) is 9.80. The summed E-state index contributed by atoms with van der Waals surface area (Å²) in [5.74, 6) is -0.245. The molecular formula is C11H11Cl2NO. The van der Waals surface area contributed by atoms with Gasteiger partial charge in [0.25, 0.3) is 5.91 Å². The topological polar surface area (TPSA) is 29.1 Å². The summed E-state index contributed by atoms with van der Waals surface area (Å²) in [4.78, 5) is 11.6. The highest BCUT2D eigenvalue weighted by molar-refractivity contribution is 6.34. The van der Waals surface area contributed by atoms with Crippen molar-refractivity contribution in [3.63, 3.8) is 0 Å². The van der Waals surface area contributed by atoms with E-state index in [-0.39, 0.29) is 12.5 Å². The number of rotatable bonds is 3. The van der Waals surface area contributed by atoms with Crippen LogP contribution >= 0.6 is 23.2 Å². The molecule has 0 saturated heterocycles. The molecule has 1 rings (SSSR count). The van der Waals surface area contributed by atoms with Gasteiger partial charge in [-0.25, -0.2) is 0 Å². The summed E-state index contributed by atoms with van der Waals surface area (Å²) in [6.45, 7) is 5.57. The molecule has 1 N–H and O–H groups in total. The zero-order valence-corrected chi connectivity index (χ0v) is 9.82. The van der Waals surface area contributed by atoms with Gasteiger partial charge in [-0.1, -0.05) is 41.9 Å². The van der Waals surface area contributed by atoms with Crippen LogP contribution in [0.1, 0.15) is 15.9 Å². The number of amides is 1. The maximum atomic E-state index is 11.6. The third kappa shape index (κ3) is 3.26. The van der Waals surface area contributed by atoms with Crippen molar-refractivity contribution in [3.8, 4) is 0 Å². The molecule has 0 aliphatic heterocycles. The molecule has 0 aromatic heterocycles. The fourth-order valence-corrected chi connectivity index (χ4v) is 1.37. The minimum Gasteiger partial charge on any atom is -0.347 e. The first-order chi connectivity index (χ1) is 7.02. The monoisotopic (exact) mass is 243 g/mol. The Bertz CT molecular complexity index is 402. The highest BCUT2D eigenvalue weighted by Crippen LogP contribution is 2.19. The van der Waals surface area contributed by atoms with Gasteiger partial charge in [0, 0.05) is 5.03 Å². The van der Waals surface area contributed by atoms with E-state index in [1.807, 2.05) is 13.0 Å². The lowest BCUT2D eigenvalue weighted by Crippen LogP contribution is -2.24. The van der Waals surface area contributed by atoms with Gasteiger partial charge < -0.3 is 5.32 Å². The standard InChI is InChI=1S/C11H11Cl2NO/c1-7-4-3-5-9(10(7)13)11(15)14-6-8(2)12/h3-5H,2,6H2,1H3,(H,14,15). The van der Waals surface area contributed by atoms with Crippen molar-refractivity contribution < 1.29 is 4.79 Å². The molecule has 2 nitrogen and oxygen atoms in total. The lowest BCUT2D eigenvalue weighted by atomic mass is 10.1. The van der Waals surface area contributed by atoms with E-state index < -0.39 is 0 Å². The fraction of sp³-hybridized carbons (Fsp3) is 0.182. The van der Waals surface area contributed by atoms with Crippen molar-refractivity contribution >= 4 is 29.1 Å². The van der Waals surface area contributed by atoms with Gasteiger partial charge in [-0.05, 0) is 18.6 Å². The van der Waals surface area contributed by atoms with Gasteiger partial charge in [-0.2, -0.15) is 0 Å². The van der Waals surface area contributed by atoms with E-state index in [0.717, 1.165) is 5.56 Å². The summed E-state index contributed by atoms with van der Waals surface area (Å²) < 4.78 is 0. The molecule has 4 heteroatoms. The number of carbonyl (C=O) groups excluding carboxylic acids is 1. The van der Waals surface area contributed by atoms with Crippen molar-refractivity contribution in [3.05, 3.63) is 46.0 Å². The molecule has 0 bridgehead atoms. The van der Waals surface area contributed by atoms with E-state index in [4.69, 9.17) is 23.2 Å². The molecule has 0 atom stereocenters. The van der Waals surface area contributed by atoms with E-state index in [0.29, 0.717) is 15.6 Å². The van der Waals surface area contributed by atoms with E-state index in [1.165, 1.54) is 0 Å². The van der Waals surface area contributed by atoms with Crippen molar-refractivity contribution in [2.45, 2.75) is 6.92 Å².